The number of fused-ring (bicyclic) bond motifs is 2. The smallest absolute Gasteiger partial charge is 0.251 e. The summed E-state index contributed by atoms with van der Waals surface area (Å²) in [5.41, 5.74) is 8.91. The molecular weight excluding hydrogens is 1060 g/mol. The van der Waals surface area contributed by atoms with E-state index in [1.54, 1.807) is 34.7 Å². The largest absolute Gasteiger partial charge is 0.350 e. The summed E-state index contributed by atoms with van der Waals surface area (Å²) < 4.78 is 0. The van der Waals surface area contributed by atoms with Gasteiger partial charge in [-0.2, -0.15) is 0 Å². The number of hydrogen-bond acceptors (Lipinski definition) is 12. The molecular formula is C61H84N12O10. The first-order valence-electron chi connectivity index (χ1n) is 28.9. The number of nitrogens with zero attached hydrogens (tertiary/aromatic N) is 2. The lowest BCUT2D eigenvalue weighted by Crippen LogP contribution is -2.59. The van der Waals surface area contributed by atoms with Crippen LogP contribution in [0.5, 0.6) is 0 Å². The van der Waals surface area contributed by atoms with Crippen molar-refractivity contribution in [2.75, 3.05) is 33.2 Å². The molecule has 0 saturated carbocycles. The predicted molar refractivity (Wildman–Crippen MR) is 311 cm³/mol. The molecule has 2 fully saturated rings. The minimum atomic E-state index is -1.05. The zero-order valence-electron chi connectivity index (χ0n) is 49.2. The van der Waals surface area contributed by atoms with E-state index in [1.807, 2.05) is 69.3 Å². The number of amides is 10. The van der Waals surface area contributed by atoms with Crippen LogP contribution >= 0.6 is 0 Å². The maximum atomic E-state index is 14.5. The molecule has 0 aromatic heterocycles. The van der Waals surface area contributed by atoms with Gasteiger partial charge in [-0.3, -0.25) is 47.9 Å². The van der Waals surface area contributed by atoms with Crippen molar-refractivity contribution in [1.29, 1.82) is 0 Å². The molecule has 22 heteroatoms. The van der Waals surface area contributed by atoms with Gasteiger partial charge in [0.25, 0.3) is 11.8 Å². The molecule has 0 radical (unpaired) electrons. The Kier molecular flexibility index (Phi) is 20.5. The second-order valence-electron chi connectivity index (χ2n) is 24.7. The van der Waals surface area contributed by atoms with Gasteiger partial charge in [0.05, 0.1) is 37.3 Å². The summed E-state index contributed by atoms with van der Waals surface area (Å²) in [7, 11) is 1.64. The average Bonchev–Trinajstić information content (AvgIpc) is 3.85. The lowest BCUT2D eigenvalue weighted by atomic mass is 9.85. The van der Waals surface area contributed by atoms with E-state index in [4.69, 9.17) is 5.73 Å². The fourth-order valence-electron chi connectivity index (χ4n) is 11.4. The maximum Gasteiger partial charge on any atom is 0.251 e. The Balaban J connectivity index is 0.935. The molecule has 3 aromatic carbocycles. The molecule has 2 aliphatic carbocycles. The first kappa shape index (κ1) is 62.9. The number of nitrogens with two attached hydrogens (primary N) is 1. The van der Waals surface area contributed by atoms with Crippen molar-refractivity contribution < 1.29 is 47.9 Å². The van der Waals surface area contributed by atoms with Crippen LogP contribution < -0.4 is 53.6 Å². The molecule has 2 aliphatic heterocycles. The van der Waals surface area contributed by atoms with Crippen LogP contribution in [0, 0.1) is 10.8 Å². The highest BCUT2D eigenvalue weighted by molar-refractivity contribution is 6.00. The third kappa shape index (κ3) is 15.9. The molecule has 3 aromatic rings. The van der Waals surface area contributed by atoms with Gasteiger partial charge in [-0.25, -0.2) is 0 Å². The number of hydrogen-bond donors (Lipinski definition) is 10. The van der Waals surface area contributed by atoms with Gasteiger partial charge in [-0.15, -0.1) is 0 Å². The van der Waals surface area contributed by atoms with Crippen molar-refractivity contribution in [2.45, 2.75) is 167 Å². The Bertz CT molecular complexity index is 2920. The van der Waals surface area contributed by atoms with Gasteiger partial charge in [-0.05, 0) is 130 Å². The third-order valence-corrected chi connectivity index (χ3v) is 16.1. The van der Waals surface area contributed by atoms with Crippen molar-refractivity contribution in [2.24, 2.45) is 16.6 Å². The Morgan fingerprint density at radius 3 is 1.31 bits per heavy atom. The van der Waals surface area contributed by atoms with Crippen LogP contribution in [-0.4, -0.2) is 150 Å². The normalized spacial score (nSPS) is 21.8. The van der Waals surface area contributed by atoms with E-state index in [-0.39, 0.29) is 61.0 Å². The minimum absolute atomic E-state index is 0.0293. The Hall–Kier alpha value is -7.72. The fraction of sp³-hybridized carbons (Fsp3) is 0.541. The van der Waals surface area contributed by atoms with Crippen LogP contribution in [0.1, 0.15) is 149 Å². The Morgan fingerprint density at radius 2 is 0.940 bits per heavy atom. The highest BCUT2D eigenvalue weighted by atomic mass is 16.2. The molecule has 0 unspecified atom stereocenters. The van der Waals surface area contributed by atoms with Gasteiger partial charge in [0, 0.05) is 36.3 Å². The average molecular weight is 1150 g/mol. The van der Waals surface area contributed by atoms with E-state index in [0.717, 1.165) is 47.9 Å². The SMILES string of the molecule is CN[C@@H](C)C(=O)N[C@H](C(=O)N1C[C@@H](NC(=O)CNC(=O)c2ccc(C(=O)NCC(=O)N[C@H]3C[C@@H](C(=O)N[C@@H]4CCCc5ccccc54)N(C(=O)[C@@H](NC(=O)[C@H](C)N)C(C)(C)C)C3)cc2)C[C@H]1C(=O)N[C@@H]1CCCc2ccccc21)C(C)(C)C. The fourth-order valence-corrected chi connectivity index (χ4v) is 11.4. The van der Waals surface area contributed by atoms with Crippen molar-refractivity contribution in [3.63, 3.8) is 0 Å². The Morgan fingerprint density at radius 1 is 0.554 bits per heavy atom. The van der Waals surface area contributed by atoms with E-state index in [0.29, 0.717) is 12.8 Å². The Labute approximate surface area is 486 Å². The van der Waals surface area contributed by atoms with E-state index >= 15 is 0 Å². The highest BCUT2D eigenvalue weighted by Gasteiger charge is 2.48. The van der Waals surface area contributed by atoms with E-state index in [2.05, 4.69) is 47.9 Å². The number of likely N-dealkylation sites (tertiary alicyclic amines) is 2. The molecule has 7 rings (SSSR count). The number of nitrogens with one attached hydrogen (secondary N) is 9. The summed E-state index contributed by atoms with van der Waals surface area (Å²) in [5, 5.41) is 25.8. The zero-order chi connectivity index (χ0) is 60.5. The van der Waals surface area contributed by atoms with Crippen LogP contribution in [0.15, 0.2) is 72.8 Å². The van der Waals surface area contributed by atoms with Crippen LogP contribution in [0.4, 0.5) is 0 Å². The summed E-state index contributed by atoms with van der Waals surface area (Å²) in [5.74, 6) is -5.06. The van der Waals surface area contributed by atoms with Gasteiger partial charge in [-0.1, -0.05) is 90.1 Å². The van der Waals surface area contributed by atoms with Crippen LogP contribution in [0.2, 0.25) is 0 Å². The van der Waals surface area contributed by atoms with E-state index in [9.17, 15) is 47.9 Å². The zero-order valence-corrected chi connectivity index (χ0v) is 49.2. The monoisotopic (exact) mass is 1140 g/mol. The number of likely N-dealkylation sites (N-methyl/N-ethyl adjacent to an activating group) is 1. The molecule has 2 heterocycles. The molecule has 11 N–H and O–H groups in total. The van der Waals surface area contributed by atoms with Crippen molar-refractivity contribution in [1.82, 2.24) is 57.7 Å². The molecule has 0 bridgehead atoms. The molecule has 4 aliphatic rings. The molecule has 10 atom stereocenters. The molecule has 83 heavy (non-hydrogen) atoms. The van der Waals surface area contributed by atoms with Gasteiger partial charge in [0.1, 0.15) is 24.2 Å². The quantitative estimate of drug-likeness (QED) is 0.0821. The topological polar surface area (TPSA) is 311 Å². The summed E-state index contributed by atoms with van der Waals surface area (Å²) in [6, 6.07) is 14.0. The summed E-state index contributed by atoms with van der Waals surface area (Å²) >= 11 is 0. The van der Waals surface area contributed by atoms with E-state index in [1.165, 1.54) is 41.0 Å². The molecule has 0 spiro atoms. The number of benzene rings is 3. The van der Waals surface area contributed by atoms with Crippen LogP contribution in [0.25, 0.3) is 0 Å². The second-order valence-corrected chi connectivity index (χ2v) is 24.7. The third-order valence-electron chi connectivity index (χ3n) is 16.1. The summed E-state index contributed by atoms with van der Waals surface area (Å²) in [6.45, 7) is 13.1. The van der Waals surface area contributed by atoms with Crippen LogP contribution in [-0.2, 0) is 51.2 Å². The van der Waals surface area contributed by atoms with Crippen molar-refractivity contribution in [3.8, 4) is 0 Å². The van der Waals surface area contributed by atoms with E-state index < -0.39 is 120 Å². The number of rotatable bonds is 19. The standard InChI is InChI=1S/C61H84N12O10/c1-34(62)52(76)70-50(60(3,4)5)58(82)72-32-40(28-46(72)56(80)68-44-22-14-18-36-16-10-12-20-42(36)44)66-48(74)30-64-54(78)38-24-26-39(27-25-38)55(79)65-31-49(75)67-41-29-47(57(81)69-45-23-15-19-37-17-11-13-21-43(37)45)73(33-41)59(83)51(61(6,7)8)71-53(77)35(2)63-9/h10-13,16-17,20-21,24-27,34-35,40-41,44-47,50-51,63H,14-15,18-19,22-23,28-33,62H2,1-9H3,(H,64,78)(H,65,79)(H,66,74)(H,67,75)(H,68,80)(H,69,81)(H,70,76)(H,71,77)/t34-,35-,40-,41-,44+,45+,46-,47-,50+,51+/m0/s1. The van der Waals surface area contributed by atoms with Gasteiger partial charge in [0.15, 0.2) is 0 Å². The first-order chi connectivity index (χ1) is 39.2. The molecule has 2 saturated heterocycles. The lowest BCUT2D eigenvalue weighted by Gasteiger charge is -2.36. The summed E-state index contributed by atoms with van der Waals surface area (Å²) in [6.07, 6.45) is 5.10. The molecule has 10 amide bonds. The second kappa shape index (κ2) is 27.1. The molecule has 448 valence electrons. The van der Waals surface area contributed by atoms with Gasteiger partial charge >= 0.3 is 0 Å². The number of carbonyl (C=O) groups excluding carboxylic acids is 10. The van der Waals surface area contributed by atoms with Gasteiger partial charge in [0.2, 0.25) is 47.3 Å². The van der Waals surface area contributed by atoms with Crippen LogP contribution in [0.3, 0.4) is 0 Å². The molecule has 22 nitrogen and oxygen atoms in total. The maximum absolute atomic E-state index is 14.5. The summed E-state index contributed by atoms with van der Waals surface area (Å²) in [4.78, 5) is 140. The first-order valence-corrected chi connectivity index (χ1v) is 28.9. The van der Waals surface area contributed by atoms with Gasteiger partial charge < -0.3 is 63.4 Å². The lowest BCUT2D eigenvalue weighted by molar-refractivity contribution is -0.144. The highest BCUT2D eigenvalue weighted by Crippen LogP contribution is 2.34. The minimum Gasteiger partial charge on any atom is -0.350 e. The number of carbonyl (C=O) groups is 10. The van der Waals surface area contributed by atoms with Crippen molar-refractivity contribution >= 4 is 59.1 Å². The van der Waals surface area contributed by atoms with Crippen molar-refractivity contribution in [3.05, 3.63) is 106 Å². The predicted octanol–water partition coefficient (Wildman–Crippen LogP) is 1.72. The number of aryl methyl sites for hydroxylation is 2.